The third-order valence-corrected chi connectivity index (χ3v) is 4.88. The maximum Gasteiger partial charge on any atom is 0.224 e. The van der Waals surface area contributed by atoms with Crippen molar-refractivity contribution in [1.82, 2.24) is 20.1 Å². The first-order valence-corrected chi connectivity index (χ1v) is 8.05. The number of aryl methyl sites for hydroxylation is 1. The average molecular weight is 317 g/mol. The van der Waals surface area contributed by atoms with Crippen LogP contribution in [0.15, 0.2) is 24.3 Å². The number of aromatic nitrogens is 3. The summed E-state index contributed by atoms with van der Waals surface area (Å²) in [6.07, 6.45) is 2.97. The lowest BCUT2D eigenvalue weighted by Crippen LogP contribution is -2.26. The summed E-state index contributed by atoms with van der Waals surface area (Å²) in [6.45, 7) is 1.41. The van der Waals surface area contributed by atoms with Gasteiger partial charge in [0, 0.05) is 23.9 Å². The van der Waals surface area contributed by atoms with Crippen LogP contribution in [0.2, 0.25) is 5.02 Å². The number of rotatable bonds is 4. The number of nitrogens with zero attached hydrogens (tertiary/aromatic N) is 3. The molecule has 5 nitrogen and oxygen atoms in total. The first-order valence-electron chi connectivity index (χ1n) is 7.67. The molecule has 114 valence electrons. The molecule has 1 aromatic heterocycles. The smallest absolute Gasteiger partial charge is 0.224 e. The first-order chi connectivity index (χ1) is 10.7. The number of nitrogens with one attached hydrogen (secondary N) is 1. The molecule has 0 radical (unpaired) electrons. The minimum atomic E-state index is 0.0286. The van der Waals surface area contributed by atoms with Gasteiger partial charge in [-0.3, -0.25) is 4.79 Å². The van der Waals surface area contributed by atoms with Crippen molar-refractivity contribution in [3.05, 3.63) is 46.5 Å². The van der Waals surface area contributed by atoms with Crippen LogP contribution in [0.5, 0.6) is 0 Å². The molecule has 4 rings (SSSR count). The van der Waals surface area contributed by atoms with Crippen molar-refractivity contribution < 1.29 is 4.79 Å². The number of amides is 1. The number of hydrogen-bond donors (Lipinski definition) is 1. The minimum absolute atomic E-state index is 0.0286. The largest absolute Gasteiger partial charge is 0.349 e. The lowest BCUT2D eigenvalue weighted by molar-refractivity contribution is -0.122. The van der Waals surface area contributed by atoms with E-state index in [1.807, 2.05) is 24.3 Å². The fourth-order valence-corrected chi connectivity index (χ4v) is 3.52. The maximum absolute atomic E-state index is 12.3. The van der Waals surface area contributed by atoms with Gasteiger partial charge in [-0.15, -0.1) is 10.2 Å². The predicted molar refractivity (Wildman–Crippen MR) is 82.5 cm³/mol. The lowest BCUT2D eigenvalue weighted by atomic mass is 10.1. The van der Waals surface area contributed by atoms with Gasteiger partial charge in [-0.2, -0.15) is 0 Å². The molecular weight excluding hydrogens is 300 g/mol. The second-order valence-corrected chi connectivity index (χ2v) is 6.38. The van der Waals surface area contributed by atoms with Crippen LogP contribution in [0.1, 0.15) is 36.0 Å². The molecule has 0 unspecified atom stereocenters. The number of benzene rings is 1. The highest BCUT2D eigenvalue weighted by atomic mass is 35.5. The van der Waals surface area contributed by atoms with Gasteiger partial charge < -0.3 is 9.88 Å². The van der Waals surface area contributed by atoms with Crippen molar-refractivity contribution in [1.29, 1.82) is 0 Å². The molecule has 2 heterocycles. The summed E-state index contributed by atoms with van der Waals surface area (Å²) in [5.41, 5.74) is 1.08. The van der Waals surface area contributed by atoms with Crippen molar-refractivity contribution >= 4 is 17.5 Å². The highest BCUT2D eigenvalue weighted by molar-refractivity contribution is 6.31. The topological polar surface area (TPSA) is 59.8 Å². The Morgan fingerprint density at radius 3 is 3.09 bits per heavy atom. The second-order valence-electron chi connectivity index (χ2n) is 5.98. The zero-order valence-corrected chi connectivity index (χ0v) is 12.9. The van der Waals surface area contributed by atoms with E-state index < -0.39 is 0 Å². The third-order valence-electron chi connectivity index (χ3n) is 4.54. The summed E-state index contributed by atoms with van der Waals surface area (Å²) >= 11 is 6.20. The molecule has 2 atom stereocenters. The van der Waals surface area contributed by atoms with Crippen LogP contribution in [0.3, 0.4) is 0 Å². The average Bonchev–Trinajstić information content (AvgIpc) is 3.00. The van der Waals surface area contributed by atoms with Crippen LogP contribution < -0.4 is 5.32 Å². The monoisotopic (exact) mass is 316 g/mol. The molecular formula is C16H17ClN4O. The Labute approximate surface area is 133 Å². The van der Waals surface area contributed by atoms with Crippen molar-refractivity contribution in [2.45, 2.75) is 38.3 Å². The molecule has 22 heavy (non-hydrogen) atoms. The summed E-state index contributed by atoms with van der Waals surface area (Å²) in [7, 11) is 0. The fraction of sp³-hybridized carbons (Fsp3) is 0.438. The zero-order chi connectivity index (χ0) is 15.1. The normalized spacial score (nSPS) is 22.4. The van der Waals surface area contributed by atoms with E-state index in [2.05, 4.69) is 20.1 Å². The van der Waals surface area contributed by atoms with Crippen molar-refractivity contribution in [2.75, 3.05) is 0 Å². The molecule has 0 saturated heterocycles. The Morgan fingerprint density at radius 2 is 2.23 bits per heavy atom. The first kappa shape index (κ1) is 13.8. The number of hydrogen-bond acceptors (Lipinski definition) is 3. The molecule has 1 amide bonds. The zero-order valence-electron chi connectivity index (χ0n) is 12.1. The van der Waals surface area contributed by atoms with Gasteiger partial charge in [-0.1, -0.05) is 29.8 Å². The summed E-state index contributed by atoms with van der Waals surface area (Å²) in [6, 6.07) is 7.76. The lowest BCUT2D eigenvalue weighted by Gasteiger charge is -2.06. The van der Waals surface area contributed by atoms with Gasteiger partial charge in [-0.05, 0) is 30.4 Å². The molecule has 0 bridgehead atoms. The summed E-state index contributed by atoms with van der Waals surface area (Å²) in [4.78, 5) is 12.3. The van der Waals surface area contributed by atoms with Gasteiger partial charge in [0.05, 0.1) is 6.54 Å². The van der Waals surface area contributed by atoms with Crippen LogP contribution in [0.25, 0.3) is 0 Å². The Morgan fingerprint density at radius 1 is 1.36 bits per heavy atom. The van der Waals surface area contributed by atoms with E-state index in [9.17, 15) is 4.79 Å². The fourth-order valence-electron chi connectivity index (χ4n) is 3.24. The molecule has 1 saturated carbocycles. The van der Waals surface area contributed by atoms with Gasteiger partial charge in [0.1, 0.15) is 5.82 Å². The van der Waals surface area contributed by atoms with E-state index in [0.717, 1.165) is 48.0 Å². The van der Waals surface area contributed by atoms with Gasteiger partial charge in [0.2, 0.25) is 5.91 Å². The molecule has 2 aromatic rings. The van der Waals surface area contributed by atoms with E-state index in [1.54, 1.807) is 0 Å². The van der Waals surface area contributed by atoms with Crippen LogP contribution >= 0.6 is 11.6 Å². The highest BCUT2D eigenvalue weighted by Crippen LogP contribution is 2.49. The minimum Gasteiger partial charge on any atom is -0.349 e. The van der Waals surface area contributed by atoms with E-state index in [1.165, 1.54) is 0 Å². The van der Waals surface area contributed by atoms with Gasteiger partial charge in [-0.25, -0.2) is 0 Å². The van der Waals surface area contributed by atoms with Gasteiger partial charge in [0.25, 0.3) is 0 Å². The molecule has 1 fully saturated rings. The number of carbonyl (C=O) groups excluding carboxylic acids is 1. The molecule has 6 heteroatoms. The number of carbonyl (C=O) groups is 1. The van der Waals surface area contributed by atoms with Crippen LogP contribution in [0.4, 0.5) is 0 Å². The Balaban J connectivity index is 1.37. The third kappa shape index (κ3) is 2.39. The SMILES string of the molecule is O=C(NCc1nnc2n1CCC2)[C@@H]1C[C@@H]1c1ccccc1Cl. The quantitative estimate of drug-likeness (QED) is 0.941. The van der Waals surface area contributed by atoms with E-state index in [4.69, 9.17) is 11.6 Å². The Kier molecular flexibility index (Phi) is 3.37. The van der Waals surface area contributed by atoms with E-state index >= 15 is 0 Å². The Hall–Kier alpha value is -1.88. The van der Waals surface area contributed by atoms with Crippen LogP contribution in [0, 0.1) is 5.92 Å². The molecule has 1 aliphatic heterocycles. The van der Waals surface area contributed by atoms with Gasteiger partial charge >= 0.3 is 0 Å². The molecule has 1 N–H and O–H groups in total. The summed E-state index contributed by atoms with van der Waals surface area (Å²) in [5, 5.41) is 12.1. The van der Waals surface area contributed by atoms with E-state index in [-0.39, 0.29) is 17.7 Å². The standard InChI is InChI=1S/C16H17ClN4O/c17-13-5-2-1-4-10(13)11-8-12(11)16(22)18-9-15-20-19-14-6-3-7-21(14)15/h1-2,4-5,11-12H,3,6-9H2,(H,18,22)/t11-,12-/m1/s1. The Bertz CT molecular complexity index is 727. The number of fused-ring (bicyclic) bond motifs is 1. The molecule has 0 spiro atoms. The maximum atomic E-state index is 12.3. The predicted octanol–water partition coefficient (Wildman–Crippen LogP) is 2.30. The van der Waals surface area contributed by atoms with Crippen LogP contribution in [-0.2, 0) is 24.3 Å². The molecule has 1 aromatic carbocycles. The second kappa shape index (κ2) is 5.39. The summed E-state index contributed by atoms with van der Waals surface area (Å²) < 4.78 is 2.11. The molecule has 2 aliphatic rings. The van der Waals surface area contributed by atoms with Gasteiger partial charge in [0.15, 0.2) is 5.82 Å². The van der Waals surface area contributed by atoms with Crippen molar-refractivity contribution in [2.24, 2.45) is 5.92 Å². The molecule has 1 aliphatic carbocycles. The van der Waals surface area contributed by atoms with E-state index in [0.29, 0.717) is 6.54 Å². The highest BCUT2D eigenvalue weighted by Gasteiger charge is 2.44. The van der Waals surface area contributed by atoms with Crippen molar-refractivity contribution in [3.8, 4) is 0 Å². The summed E-state index contributed by atoms with van der Waals surface area (Å²) in [5.74, 6) is 2.25. The van der Waals surface area contributed by atoms with Crippen molar-refractivity contribution in [3.63, 3.8) is 0 Å². The number of halogens is 1. The van der Waals surface area contributed by atoms with Crippen LogP contribution in [-0.4, -0.2) is 20.7 Å².